The number of nitrogens with two attached hydrogens (primary N) is 1. The van der Waals surface area contributed by atoms with E-state index in [0.29, 0.717) is 12.2 Å². The van der Waals surface area contributed by atoms with Crippen molar-refractivity contribution in [2.75, 3.05) is 5.32 Å². The maximum atomic E-state index is 11.4. The summed E-state index contributed by atoms with van der Waals surface area (Å²) in [4.78, 5) is 0.0637. The maximum absolute atomic E-state index is 11.4. The molecule has 0 saturated heterocycles. The van der Waals surface area contributed by atoms with Gasteiger partial charge in [-0.15, -0.1) is 0 Å². The number of benzene rings is 2. The summed E-state index contributed by atoms with van der Waals surface area (Å²) < 4.78 is 22.8. The molecule has 5 nitrogen and oxygen atoms in total. The number of hydrogen-bond donors (Lipinski definition) is 3. The Morgan fingerprint density at radius 2 is 1.68 bits per heavy atom. The zero-order chi connectivity index (χ0) is 13.9. The van der Waals surface area contributed by atoms with Gasteiger partial charge in [-0.3, -0.25) is 0 Å². The van der Waals surface area contributed by atoms with Gasteiger partial charge in [-0.05, 0) is 29.8 Å². The molecule has 0 radical (unpaired) electrons. The van der Waals surface area contributed by atoms with Gasteiger partial charge in [0.2, 0.25) is 10.0 Å². The van der Waals surface area contributed by atoms with Gasteiger partial charge in [0, 0.05) is 6.54 Å². The van der Waals surface area contributed by atoms with Crippen molar-refractivity contribution in [3.05, 3.63) is 54.1 Å². The van der Waals surface area contributed by atoms with Crippen LogP contribution in [0.4, 0.5) is 5.69 Å². The third kappa shape index (κ3) is 3.46. The van der Waals surface area contributed by atoms with E-state index < -0.39 is 10.0 Å². The van der Waals surface area contributed by atoms with Gasteiger partial charge in [0.25, 0.3) is 0 Å². The van der Waals surface area contributed by atoms with E-state index in [9.17, 15) is 13.5 Å². The minimum Gasteiger partial charge on any atom is -0.508 e. The van der Waals surface area contributed by atoms with Crippen LogP contribution in [0.2, 0.25) is 0 Å². The SMILES string of the molecule is NS(=O)(=O)c1ccccc1NCc1ccc(O)cc1. The van der Waals surface area contributed by atoms with Crippen molar-refractivity contribution in [3.8, 4) is 5.75 Å². The van der Waals surface area contributed by atoms with Crippen LogP contribution >= 0.6 is 0 Å². The first kappa shape index (κ1) is 13.4. The fourth-order valence-corrected chi connectivity index (χ4v) is 2.39. The lowest BCUT2D eigenvalue weighted by Crippen LogP contribution is -2.14. The van der Waals surface area contributed by atoms with E-state index in [-0.39, 0.29) is 10.6 Å². The molecule has 6 heteroatoms. The highest BCUT2D eigenvalue weighted by molar-refractivity contribution is 7.89. The third-order valence-electron chi connectivity index (χ3n) is 2.61. The average molecular weight is 278 g/mol. The lowest BCUT2D eigenvalue weighted by atomic mass is 10.2. The second kappa shape index (κ2) is 5.29. The number of sulfonamides is 1. The van der Waals surface area contributed by atoms with Crippen LogP contribution in [0, 0.1) is 0 Å². The second-order valence-electron chi connectivity index (χ2n) is 4.06. The molecule has 0 aliphatic rings. The predicted octanol–water partition coefficient (Wildman–Crippen LogP) is 1.65. The van der Waals surface area contributed by atoms with Crippen molar-refractivity contribution in [1.29, 1.82) is 0 Å². The average Bonchev–Trinajstić information content (AvgIpc) is 2.37. The van der Waals surface area contributed by atoms with Crippen molar-refractivity contribution < 1.29 is 13.5 Å². The number of para-hydroxylation sites is 1. The van der Waals surface area contributed by atoms with Crippen molar-refractivity contribution in [1.82, 2.24) is 0 Å². The molecule has 0 unspecified atom stereocenters. The summed E-state index contributed by atoms with van der Waals surface area (Å²) in [5.41, 5.74) is 1.38. The smallest absolute Gasteiger partial charge is 0.240 e. The molecule has 100 valence electrons. The van der Waals surface area contributed by atoms with Gasteiger partial charge in [-0.2, -0.15) is 0 Å². The molecule has 0 atom stereocenters. The Bertz CT molecular complexity index is 667. The Balaban J connectivity index is 2.18. The molecular formula is C13H14N2O3S. The number of phenolic OH excluding ortho intramolecular Hbond substituents is 1. The summed E-state index contributed by atoms with van der Waals surface area (Å²) in [6.45, 7) is 0.437. The Hall–Kier alpha value is -2.05. The summed E-state index contributed by atoms with van der Waals surface area (Å²) in [5.74, 6) is 0.189. The van der Waals surface area contributed by atoms with E-state index in [1.165, 1.54) is 6.07 Å². The number of phenols is 1. The van der Waals surface area contributed by atoms with Crippen molar-refractivity contribution in [2.24, 2.45) is 5.14 Å². The van der Waals surface area contributed by atoms with E-state index >= 15 is 0 Å². The highest BCUT2D eigenvalue weighted by atomic mass is 32.2. The normalized spacial score (nSPS) is 11.2. The first-order chi connectivity index (χ1) is 8.97. The van der Waals surface area contributed by atoms with E-state index in [1.807, 2.05) is 0 Å². The Morgan fingerprint density at radius 3 is 2.32 bits per heavy atom. The first-order valence-electron chi connectivity index (χ1n) is 5.60. The Labute approximate surface area is 111 Å². The molecule has 0 bridgehead atoms. The van der Waals surface area contributed by atoms with E-state index in [1.54, 1.807) is 42.5 Å². The molecule has 0 fully saturated rings. The van der Waals surface area contributed by atoms with Crippen LogP contribution in [-0.4, -0.2) is 13.5 Å². The summed E-state index contributed by atoms with van der Waals surface area (Å²) in [6.07, 6.45) is 0. The molecule has 0 aromatic heterocycles. The fourth-order valence-electron chi connectivity index (χ4n) is 1.67. The molecule has 0 spiro atoms. The van der Waals surface area contributed by atoms with Gasteiger partial charge in [0.15, 0.2) is 0 Å². The predicted molar refractivity (Wildman–Crippen MR) is 73.2 cm³/mol. The van der Waals surface area contributed by atoms with Gasteiger partial charge in [0.1, 0.15) is 10.6 Å². The number of anilines is 1. The molecule has 0 saturated carbocycles. The highest BCUT2D eigenvalue weighted by Gasteiger charge is 2.12. The van der Waals surface area contributed by atoms with Crippen molar-refractivity contribution in [2.45, 2.75) is 11.4 Å². The summed E-state index contributed by atoms with van der Waals surface area (Å²) >= 11 is 0. The van der Waals surface area contributed by atoms with Crippen molar-refractivity contribution in [3.63, 3.8) is 0 Å². The third-order valence-corrected chi connectivity index (χ3v) is 3.58. The van der Waals surface area contributed by atoms with Crippen molar-refractivity contribution >= 4 is 15.7 Å². The zero-order valence-corrected chi connectivity index (χ0v) is 10.9. The molecule has 0 aliphatic heterocycles. The molecule has 0 heterocycles. The molecule has 2 aromatic rings. The molecule has 19 heavy (non-hydrogen) atoms. The lowest BCUT2D eigenvalue weighted by Gasteiger charge is -2.10. The van der Waals surface area contributed by atoms with Gasteiger partial charge >= 0.3 is 0 Å². The van der Waals surface area contributed by atoms with Gasteiger partial charge < -0.3 is 10.4 Å². The number of hydrogen-bond acceptors (Lipinski definition) is 4. The highest BCUT2D eigenvalue weighted by Crippen LogP contribution is 2.20. The van der Waals surface area contributed by atoms with E-state index in [2.05, 4.69) is 5.32 Å². The summed E-state index contributed by atoms with van der Waals surface area (Å²) in [5, 5.41) is 17.3. The molecule has 0 aliphatic carbocycles. The summed E-state index contributed by atoms with van der Waals surface area (Å²) in [6, 6.07) is 13.1. The van der Waals surface area contributed by atoms with Gasteiger partial charge in [-0.1, -0.05) is 24.3 Å². The largest absolute Gasteiger partial charge is 0.508 e. The molecule has 2 rings (SSSR count). The number of rotatable bonds is 4. The molecule has 2 aromatic carbocycles. The minimum atomic E-state index is -3.75. The summed E-state index contributed by atoms with van der Waals surface area (Å²) in [7, 11) is -3.75. The van der Waals surface area contributed by atoms with Crippen LogP contribution < -0.4 is 10.5 Å². The zero-order valence-electron chi connectivity index (χ0n) is 10.1. The molecule has 0 amide bonds. The molecular weight excluding hydrogens is 264 g/mol. The maximum Gasteiger partial charge on any atom is 0.240 e. The Kier molecular flexibility index (Phi) is 3.73. The van der Waals surface area contributed by atoms with Crippen LogP contribution in [0.1, 0.15) is 5.56 Å². The minimum absolute atomic E-state index is 0.0637. The monoisotopic (exact) mass is 278 g/mol. The van der Waals surface area contributed by atoms with Crippen LogP contribution in [0.3, 0.4) is 0 Å². The lowest BCUT2D eigenvalue weighted by molar-refractivity contribution is 0.475. The van der Waals surface area contributed by atoms with Crippen LogP contribution in [0.5, 0.6) is 5.75 Å². The van der Waals surface area contributed by atoms with Crippen LogP contribution in [-0.2, 0) is 16.6 Å². The molecule has 4 N–H and O–H groups in total. The number of primary sulfonamides is 1. The quantitative estimate of drug-likeness (QED) is 0.793. The standard InChI is InChI=1S/C13H14N2O3S/c14-19(17,18)13-4-2-1-3-12(13)15-9-10-5-7-11(16)8-6-10/h1-8,15-16H,9H2,(H2,14,17,18). The van der Waals surface area contributed by atoms with Crippen LogP contribution in [0.15, 0.2) is 53.4 Å². The van der Waals surface area contributed by atoms with E-state index in [4.69, 9.17) is 5.14 Å². The fraction of sp³-hybridized carbons (Fsp3) is 0.0769. The number of nitrogens with one attached hydrogen (secondary N) is 1. The first-order valence-corrected chi connectivity index (χ1v) is 7.15. The second-order valence-corrected chi connectivity index (χ2v) is 5.59. The van der Waals surface area contributed by atoms with Gasteiger partial charge in [-0.25, -0.2) is 13.6 Å². The topological polar surface area (TPSA) is 92.4 Å². The van der Waals surface area contributed by atoms with Crippen LogP contribution in [0.25, 0.3) is 0 Å². The number of aromatic hydroxyl groups is 1. The van der Waals surface area contributed by atoms with Gasteiger partial charge in [0.05, 0.1) is 5.69 Å². The van der Waals surface area contributed by atoms with E-state index in [0.717, 1.165) is 5.56 Å². The Morgan fingerprint density at radius 1 is 1.05 bits per heavy atom.